The van der Waals surface area contributed by atoms with E-state index in [1.165, 1.54) is 12.8 Å². The fraction of sp³-hybridized carbons (Fsp3) is 0.412. The molecule has 1 aromatic rings. The van der Waals surface area contributed by atoms with Gasteiger partial charge in [-0.1, -0.05) is 55.4 Å². The third-order valence-corrected chi connectivity index (χ3v) is 4.07. The number of thiocarbonyl (C=S) groups is 1. The van der Waals surface area contributed by atoms with E-state index in [2.05, 4.69) is 0 Å². The third kappa shape index (κ3) is 4.97. The van der Waals surface area contributed by atoms with E-state index in [4.69, 9.17) is 18.0 Å². The van der Waals surface area contributed by atoms with Crippen molar-refractivity contribution in [3.63, 3.8) is 0 Å². The topological polar surface area (TPSA) is 46.3 Å². The number of benzene rings is 1. The van der Waals surface area contributed by atoms with Gasteiger partial charge in [-0.15, -0.1) is 0 Å². The van der Waals surface area contributed by atoms with Gasteiger partial charge in [-0.3, -0.25) is 4.79 Å². The Morgan fingerprint density at radius 2 is 1.95 bits per heavy atom. The number of nitrogens with two attached hydrogens (primary N) is 1. The van der Waals surface area contributed by atoms with E-state index >= 15 is 0 Å². The quantitative estimate of drug-likeness (QED) is 0.648. The van der Waals surface area contributed by atoms with E-state index in [1.807, 2.05) is 41.3 Å². The molecule has 1 aliphatic rings. The number of hydrogen-bond donors (Lipinski definition) is 1. The van der Waals surface area contributed by atoms with Crippen molar-refractivity contribution in [2.45, 2.75) is 38.1 Å². The molecule has 21 heavy (non-hydrogen) atoms. The van der Waals surface area contributed by atoms with Crippen LogP contribution in [0, 0.1) is 0 Å². The second kappa shape index (κ2) is 7.93. The molecule has 1 saturated carbocycles. The zero-order valence-corrected chi connectivity index (χ0v) is 13.0. The fourth-order valence-electron chi connectivity index (χ4n) is 2.75. The van der Waals surface area contributed by atoms with E-state index in [9.17, 15) is 4.79 Å². The first-order valence-electron chi connectivity index (χ1n) is 7.49. The molecule has 0 atom stereocenters. The SMILES string of the molecule is NC(=S)CCN(C(=O)/C=C/c1ccccc1)C1CCCC1. The predicted molar refractivity (Wildman–Crippen MR) is 90.8 cm³/mol. The highest BCUT2D eigenvalue weighted by molar-refractivity contribution is 7.80. The number of amides is 1. The van der Waals surface area contributed by atoms with Gasteiger partial charge in [-0.2, -0.15) is 0 Å². The summed E-state index contributed by atoms with van der Waals surface area (Å²) in [6.45, 7) is 0.623. The van der Waals surface area contributed by atoms with E-state index in [-0.39, 0.29) is 5.91 Å². The van der Waals surface area contributed by atoms with Crippen molar-refractivity contribution in [3.8, 4) is 0 Å². The summed E-state index contributed by atoms with van der Waals surface area (Å²) in [6, 6.07) is 10.2. The third-order valence-electron chi connectivity index (χ3n) is 3.87. The van der Waals surface area contributed by atoms with Crippen LogP contribution >= 0.6 is 12.2 Å². The highest BCUT2D eigenvalue weighted by Crippen LogP contribution is 2.24. The average molecular weight is 302 g/mol. The van der Waals surface area contributed by atoms with Gasteiger partial charge in [0.05, 0.1) is 4.99 Å². The molecular weight excluding hydrogens is 280 g/mol. The Morgan fingerprint density at radius 1 is 1.29 bits per heavy atom. The Kier molecular flexibility index (Phi) is 5.93. The minimum absolute atomic E-state index is 0.0574. The molecule has 0 aromatic heterocycles. The number of hydrogen-bond acceptors (Lipinski definition) is 2. The lowest BCUT2D eigenvalue weighted by atomic mass is 10.1. The van der Waals surface area contributed by atoms with Crippen LogP contribution in [0.2, 0.25) is 0 Å². The molecule has 0 aliphatic heterocycles. The molecule has 0 bridgehead atoms. The molecule has 0 spiro atoms. The summed E-state index contributed by atoms with van der Waals surface area (Å²) in [5.74, 6) is 0.0574. The molecule has 1 aliphatic carbocycles. The maximum atomic E-state index is 12.5. The van der Waals surface area contributed by atoms with Crippen molar-refractivity contribution in [1.29, 1.82) is 0 Å². The molecule has 1 aromatic carbocycles. The Bertz CT molecular complexity index is 507. The van der Waals surface area contributed by atoms with Gasteiger partial charge in [-0.25, -0.2) is 0 Å². The maximum Gasteiger partial charge on any atom is 0.246 e. The molecule has 1 amide bonds. The van der Waals surface area contributed by atoms with Crippen LogP contribution < -0.4 is 5.73 Å². The van der Waals surface area contributed by atoms with Crippen LogP contribution in [-0.4, -0.2) is 28.4 Å². The van der Waals surface area contributed by atoms with Crippen molar-refractivity contribution in [2.24, 2.45) is 5.73 Å². The number of carbonyl (C=O) groups is 1. The van der Waals surface area contributed by atoms with Crippen LogP contribution in [0.15, 0.2) is 36.4 Å². The summed E-state index contributed by atoms with van der Waals surface area (Å²) < 4.78 is 0. The van der Waals surface area contributed by atoms with Crippen molar-refractivity contribution in [1.82, 2.24) is 4.90 Å². The smallest absolute Gasteiger partial charge is 0.246 e. The van der Waals surface area contributed by atoms with E-state index in [0.717, 1.165) is 18.4 Å². The molecule has 2 N–H and O–H groups in total. The largest absolute Gasteiger partial charge is 0.393 e. The van der Waals surface area contributed by atoms with Crippen LogP contribution in [0.1, 0.15) is 37.7 Å². The van der Waals surface area contributed by atoms with Crippen LogP contribution in [0.5, 0.6) is 0 Å². The lowest BCUT2D eigenvalue weighted by molar-refractivity contribution is -0.128. The Hall–Kier alpha value is -1.68. The zero-order valence-electron chi connectivity index (χ0n) is 12.2. The second-order valence-corrected chi connectivity index (χ2v) is 5.95. The molecule has 0 radical (unpaired) electrons. The van der Waals surface area contributed by atoms with Crippen molar-refractivity contribution in [3.05, 3.63) is 42.0 Å². The van der Waals surface area contributed by atoms with E-state index in [1.54, 1.807) is 6.08 Å². The van der Waals surface area contributed by atoms with Crippen molar-refractivity contribution >= 4 is 29.2 Å². The molecule has 0 saturated heterocycles. The minimum Gasteiger partial charge on any atom is -0.393 e. The highest BCUT2D eigenvalue weighted by Gasteiger charge is 2.25. The molecule has 4 heteroatoms. The van der Waals surface area contributed by atoms with E-state index in [0.29, 0.717) is 24.0 Å². The standard InChI is InChI=1S/C17H22N2OS/c18-16(21)12-13-19(15-8-4-5-9-15)17(20)11-10-14-6-2-1-3-7-14/h1-3,6-7,10-11,15H,4-5,8-9,12-13H2,(H2,18,21)/b11-10+. The van der Waals surface area contributed by atoms with Crippen LogP contribution in [0.4, 0.5) is 0 Å². The average Bonchev–Trinajstić information content (AvgIpc) is 3.00. The van der Waals surface area contributed by atoms with Crippen molar-refractivity contribution < 1.29 is 4.79 Å². The summed E-state index contributed by atoms with van der Waals surface area (Å²) in [5, 5.41) is 0. The lowest BCUT2D eigenvalue weighted by Gasteiger charge is -2.27. The van der Waals surface area contributed by atoms with Gasteiger partial charge in [0.1, 0.15) is 0 Å². The number of carbonyl (C=O) groups excluding carboxylic acids is 1. The zero-order chi connectivity index (χ0) is 15.1. The van der Waals surface area contributed by atoms with Crippen LogP contribution in [0.25, 0.3) is 6.08 Å². The summed E-state index contributed by atoms with van der Waals surface area (Å²) in [6.07, 6.45) is 8.69. The number of nitrogens with zero attached hydrogens (tertiary/aromatic N) is 1. The minimum atomic E-state index is 0.0574. The first kappa shape index (κ1) is 15.7. The van der Waals surface area contributed by atoms with Gasteiger partial charge in [0.15, 0.2) is 0 Å². The molecule has 0 heterocycles. The Balaban J connectivity index is 2.02. The molecule has 1 fully saturated rings. The summed E-state index contributed by atoms with van der Waals surface area (Å²) in [7, 11) is 0. The first-order valence-corrected chi connectivity index (χ1v) is 7.89. The molecular formula is C17H22N2OS. The highest BCUT2D eigenvalue weighted by atomic mass is 32.1. The van der Waals surface area contributed by atoms with Gasteiger partial charge in [0.2, 0.25) is 5.91 Å². The van der Waals surface area contributed by atoms with Crippen LogP contribution in [0.3, 0.4) is 0 Å². The predicted octanol–water partition coefficient (Wildman–Crippen LogP) is 3.15. The maximum absolute atomic E-state index is 12.5. The van der Waals surface area contributed by atoms with Gasteiger partial charge in [0, 0.05) is 25.1 Å². The molecule has 112 valence electrons. The summed E-state index contributed by atoms with van der Waals surface area (Å²) in [5.41, 5.74) is 6.61. The normalized spacial score (nSPS) is 15.4. The van der Waals surface area contributed by atoms with Crippen molar-refractivity contribution in [2.75, 3.05) is 6.54 Å². The summed E-state index contributed by atoms with van der Waals surface area (Å²) >= 11 is 4.94. The van der Waals surface area contributed by atoms with Gasteiger partial charge in [-0.05, 0) is 24.5 Å². The first-order chi connectivity index (χ1) is 10.2. The van der Waals surface area contributed by atoms with Gasteiger partial charge in [0.25, 0.3) is 0 Å². The molecule has 3 nitrogen and oxygen atoms in total. The number of rotatable bonds is 6. The fourth-order valence-corrected chi connectivity index (χ4v) is 2.84. The lowest BCUT2D eigenvalue weighted by Crippen LogP contribution is -2.39. The Morgan fingerprint density at radius 3 is 2.57 bits per heavy atom. The monoisotopic (exact) mass is 302 g/mol. The molecule has 2 rings (SSSR count). The Labute approximate surface area is 131 Å². The van der Waals surface area contributed by atoms with E-state index < -0.39 is 0 Å². The van der Waals surface area contributed by atoms with Crippen LogP contribution in [-0.2, 0) is 4.79 Å². The summed E-state index contributed by atoms with van der Waals surface area (Å²) in [4.78, 5) is 14.9. The molecule has 0 unspecified atom stereocenters. The van der Waals surface area contributed by atoms with Gasteiger partial charge >= 0.3 is 0 Å². The van der Waals surface area contributed by atoms with Gasteiger partial charge < -0.3 is 10.6 Å². The second-order valence-electron chi connectivity index (χ2n) is 5.43.